The molecule has 0 bridgehead atoms. The number of nitrogens with zero attached hydrogens (tertiary/aromatic N) is 3. The fraction of sp³-hybridized carbons (Fsp3) is 0.538. The van der Waals surface area contributed by atoms with Crippen molar-refractivity contribution in [1.29, 1.82) is 0 Å². The summed E-state index contributed by atoms with van der Waals surface area (Å²) in [5, 5.41) is 13.6. The SMILES string of the molecule is CC(C)NCc1cn(CCOCc2cccs2)nn1. The highest BCUT2D eigenvalue weighted by molar-refractivity contribution is 7.09. The van der Waals surface area contributed by atoms with Gasteiger partial charge in [-0.2, -0.15) is 0 Å². The summed E-state index contributed by atoms with van der Waals surface area (Å²) in [6.07, 6.45) is 1.96. The second kappa shape index (κ2) is 7.37. The third-order valence-corrected chi connectivity index (χ3v) is 3.42. The molecule has 0 spiro atoms. The Kier molecular flexibility index (Phi) is 5.50. The van der Waals surface area contributed by atoms with Crippen molar-refractivity contribution in [3.63, 3.8) is 0 Å². The minimum Gasteiger partial charge on any atom is -0.374 e. The van der Waals surface area contributed by atoms with Gasteiger partial charge < -0.3 is 10.1 Å². The van der Waals surface area contributed by atoms with Crippen LogP contribution in [0.1, 0.15) is 24.4 Å². The van der Waals surface area contributed by atoms with Gasteiger partial charge in [-0.25, -0.2) is 4.68 Å². The van der Waals surface area contributed by atoms with E-state index in [0.29, 0.717) is 19.3 Å². The van der Waals surface area contributed by atoms with Crippen molar-refractivity contribution in [2.24, 2.45) is 0 Å². The molecule has 0 saturated carbocycles. The highest BCUT2D eigenvalue weighted by atomic mass is 32.1. The Morgan fingerprint density at radius 1 is 1.47 bits per heavy atom. The van der Waals surface area contributed by atoms with E-state index in [9.17, 15) is 0 Å². The number of nitrogens with one attached hydrogen (secondary N) is 1. The fourth-order valence-electron chi connectivity index (χ4n) is 1.56. The third-order valence-electron chi connectivity index (χ3n) is 2.57. The molecule has 0 aliphatic rings. The van der Waals surface area contributed by atoms with Crippen LogP contribution in [0.5, 0.6) is 0 Å². The monoisotopic (exact) mass is 280 g/mol. The molecule has 2 aromatic rings. The molecule has 0 amide bonds. The summed E-state index contributed by atoms with van der Waals surface area (Å²) >= 11 is 1.71. The van der Waals surface area contributed by atoms with Gasteiger partial charge in [-0.15, -0.1) is 16.4 Å². The molecule has 104 valence electrons. The number of aromatic nitrogens is 3. The van der Waals surface area contributed by atoms with Gasteiger partial charge in [-0.05, 0) is 11.4 Å². The maximum Gasteiger partial charge on any atom is 0.0964 e. The van der Waals surface area contributed by atoms with E-state index in [1.54, 1.807) is 11.3 Å². The van der Waals surface area contributed by atoms with Crippen LogP contribution in [-0.4, -0.2) is 27.6 Å². The molecule has 1 N–H and O–H groups in total. The lowest BCUT2D eigenvalue weighted by molar-refractivity contribution is 0.112. The zero-order valence-electron chi connectivity index (χ0n) is 11.4. The summed E-state index contributed by atoms with van der Waals surface area (Å²) < 4.78 is 7.42. The first kappa shape index (κ1) is 14.2. The van der Waals surface area contributed by atoms with Gasteiger partial charge in [0.15, 0.2) is 0 Å². The molecule has 0 aliphatic carbocycles. The third kappa shape index (κ3) is 5.10. The molecule has 0 unspecified atom stereocenters. The van der Waals surface area contributed by atoms with Crippen LogP contribution in [0.2, 0.25) is 0 Å². The molecule has 5 nitrogen and oxygen atoms in total. The minimum absolute atomic E-state index is 0.458. The Morgan fingerprint density at radius 2 is 2.37 bits per heavy atom. The number of ether oxygens (including phenoxy) is 1. The standard InChI is InChI=1S/C13H20N4OS/c1-11(2)14-8-12-9-17(16-15-12)5-6-18-10-13-4-3-7-19-13/h3-4,7,9,11,14H,5-6,8,10H2,1-2H3. The van der Waals surface area contributed by atoms with Gasteiger partial charge in [0.2, 0.25) is 0 Å². The van der Waals surface area contributed by atoms with Gasteiger partial charge in [-0.1, -0.05) is 25.1 Å². The molecule has 6 heteroatoms. The van der Waals surface area contributed by atoms with E-state index in [0.717, 1.165) is 18.8 Å². The fourth-order valence-corrected chi connectivity index (χ4v) is 2.20. The van der Waals surface area contributed by atoms with Crippen molar-refractivity contribution < 1.29 is 4.74 Å². The van der Waals surface area contributed by atoms with E-state index in [1.807, 2.05) is 16.9 Å². The molecule has 0 saturated heterocycles. The Bertz CT molecular complexity index is 467. The zero-order valence-corrected chi connectivity index (χ0v) is 12.2. The molecule has 0 atom stereocenters. The molecule has 0 aliphatic heterocycles. The number of hydrogen-bond acceptors (Lipinski definition) is 5. The average molecular weight is 280 g/mol. The van der Waals surface area contributed by atoms with Crippen LogP contribution < -0.4 is 5.32 Å². The van der Waals surface area contributed by atoms with Crippen LogP contribution in [-0.2, 0) is 24.4 Å². The van der Waals surface area contributed by atoms with Crippen LogP contribution in [0.3, 0.4) is 0 Å². The highest BCUT2D eigenvalue weighted by Crippen LogP contribution is 2.09. The Balaban J connectivity index is 1.65. The van der Waals surface area contributed by atoms with Gasteiger partial charge in [0.1, 0.15) is 0 Å². The molecule has 2 heterocycles. The van der Waals surface area contributed by atoms with Crippen molar-refractivity contribution in [3.05, 3.63) is 34.3 Å². The van der Waals surface area contributed by atoms with Crippen molar-refractivity contribution in [2.75, 3.05) is 6.61 Å². The molecule has 0 aromatic carbocycles. The predicted octanol–water partition coefficient (Wildman–Crippen LogP) is 2.05. The summed E-state index contributed by atoms with van der Waals surface area (Å²) in [5.74, 6) is 0. The first-order chi connectivity index (χ1) is 9.24. The van der Waals surface area contributed by atoms with E-state index in [1.165, 1.54) is 4.88 Å². The van der Waals surface area contributed by atoms with E-state index in [2.05, 4.69) is 40.9 Å². The Labute approximate surface area is 117 Å². The first-order valence-electron chi connectivity index (χ1n) is 6.46. The molecule has 0 fully saturated rings. The lowest BCUT2D eigenvalue weighted by Crippen LogP contribution is -2.21. The van der Waals surface area contributed by atoms with E-state index < -0.39 is 0 Å². The Hall–Kier alpha value is -1.24. The van der Waals surface area contributed by atoms with Gasteiger partial charge in [0.25, 0.3) is 0 Å². The van der Waals surface area contributed by atoms with Crippen molar-refractivity contribution in [2.45, 2.75) is 39.6 Å². The second-order valence-electron chi connectivity index (χ2n) is 4.64. The number of rotatable bonds is 8. The van der Waals surface area contributed by atoms with Gasteiger partial charge in [-0.3, -0.25) is 0 Å². The molecule has 2 aromatic heterocycles. The van der Waals surface area contributed by atoms with E-state index in [-0.39, 0.29) is 0 Å². The number of hydrogen-bond donors (Lipinski definition) is 1. The predicted molar refractivity (Wildman–Crippen MR) is 76.0 cm³/mol. The van der Waals surface area contributed by atoms with Crippen molar-refractivity contribution in [3.8, 4) is 0 Å². The van der Waals surface area contributed by atoms with Gasteiger partial charge in [0, 0.05) is 23.7 Å². The summed E-state index contributed by atoms with van der Waals surface area (Å²) in [7, 11) is 0. The van der Waals surface area contributed by atoms with E-state index >= 15 is 0 Å². The maximum atomic E-state index is 5.60. The average Bonchev–Trinajstić information content (AvgIpc) is 3.04. The quantitative estimate of drug-likeness (QED) is 0.752. The van der Waals surface area contributed by atoms with Gasteiger partial charge in [0.05, 0.1) is 25.5 Å². The maximum absolute atomic E-state index is 5.60. The topological polar surface area (TPSA) is 52.0 Å². The molecular weight excluding hydrogens is 260 g/mol. The van der Waals surface area contributed by atoms with E-state index in [4.69, 9.17) is 4.74 Å². The molecule has 0 radical (unpaired) electrons. The molecular formula is C13H20N4OS. The summed E-state index contributed by atoms with van der Waals surface area (Å²) in [5.41, 5.74) is 0.965. The minimum atomic E-state index is 0.458. The lowest BCUT2D eigenvalue weighted by atomic mass is 10.3. The normalized spacial score (nSPS) is 11.3. The molecule has 2 rings (SSSR count). The van der Waals surface area contributed by atoms with Crippen LogP contribution in [0, 0.1) is 0 Å². The summed E-state index contributed by atoms with van der Waals surface area (Å²) in [6, 6.07) is 4.57. The first-order valence-corrected chi connectivity index (χ1v) is 7.34. The summed E-state index contributed by atoms with van der Waals surface area (Å²) in [4.78, 5) is 1.25. The van der Waals surface area contributed by atoms with Crippen LogP contribution in [0.15, 0.2) is 23.7 Å². The largest absolute Gasteiger partial charge is 0.374 e. The highest BCUT2D eigenvalue weighted by Gasteiger charge is 2.01. The summed E-state index contributed by atoms with van der Waals surface area (Å²) in [6.45, 7) is 7.05. The van der Waals surface area contributed by atoms with Crippen LogP contribution in [0.25, 0.3) is 0 Å². The zero-order chi connectivity index (χ0) is 13.5. The second-order valence-corrected chi connectivity index (χ2v) is 5.67. The van der Waals surface area contributed by atoms with Crippen molar-refractivity contribution in [1.82, 2.24) is 20.3 Å². The smallest absolute Gasteiger partial charge is 0.0964 e. The van der Waals surface area contributed by atoms with Crippen LogP contribution >= 0.6 is 11.3 Å². The molecule has 19 heavy (non-hydrogen) atoms. The Morgan fingerprint density at radius 3 is 3.11 bits per heavy atom. The lowest BCUT2D eigenvalue weighted by Gasteiger charge is -2.04. The number of thiophene rings is 1. The van der Waals surface area contributed by atoms with Crippen LogP contribution in [0.4, 0.5) is 0 Å². The van der Waals surface area contributed by atoms with Gasteiger partial charge >= 0.3 is 0 Å². The van der Waals surface area contributed by atoms with Crippen molar-refractivity contribution >= 4 is 11.3 Å².